The van der Waals surface area contributed by atoms with E-state index < -0.39 is 0 Å². The molecule has 19 heavy (non-hydrogen) atoms. The molecule has 0 heterocycles. The second kappa shape index (κ2) is 8.93. The molecule has 0 unspecified atom stereocenters. The molecule has 0 radical (unpaired) electrons. The molecule has 0 bridgehead atoms. The smallest absolute Gasteiger partial charge is 0.0462 e. The maximum absolute atomic E-state index is 6.17. The van der Waals surface area contributed by atoms with Crippen LogP contribution in [0.15, 0.2) is 0 Å². The fourth-order valence-electron chi connectivity index (χ4n) is 3.55. The molecule has 3 heteroatoms. The van der Waals surface area contributed by atoms with Crippen molar-refractivity contribution >= 4 is 0 Å². The third-order valence-corrected chi connectivity index (χ3v) is 5.07. The number of nitrogens with two attached hydrogens (primary N) is 1. The summed E-state index contributed by atoms with van der Waals surface area (Å²) in [7, 11) is 1.78. The third-order valence-electron chi connectivity index (χ3n) is 5.07. The van der Waals surface area contributed by atoms with Crippen LogP contribution in [0.4, 0.5) is 0 Å². The molecule has 0 aromatic heterocycles. The van der Waals surface area contributed by atoms with Crippen molar-refractivity contribution in [1.82, 2.24) is 4.90 Å². The summed E-state index contributed by atoms with van der Waals surface area (Å²) in [5.41, 5.74) is 6.45. The highest BCUT2D eigenvalue weighted by atomic mass is 16.5. The summed E-state index contributed by atoms with van der Waals surface area (Å²) in [5, 5.41) is 0. The van der Waals surface area contributed by atoms with E-state index in [0.717, 1.165) is 32.0 Å². The number of likely N-dealkylation sites (N-methyl/N-ethyl adjacent to an activating group) is 1. The molecule has 0 aromatic rings. The van der Waals surface area contributed by atoms with Gasteiger partial charge >= 0.3 is 0 Å². The Hall–Kier alpha value is -0.120. The Kier molecular flexibility index (Phi) is 7.96. The van der Waals surface area contributed by atoms with Crippen LogP contribution < -0.4 is 5.73 Å². The van der Waals surface area contributed by atoms with Crippen molar-refractivity contribution in [1.29, 1.82) is 0 Å². The number of methoxy groups -OCH3 is 1. The lowest BCUT2D eigenvalue weighted by Crippen LogP contribution is -2.56. The van der Waals surface area contributed by atoms with Crippen molar-refractivity contribution in [3.63, 3.8) is 0 Å². The lowest BCUT2D eigenvalue weighted by molar-refractivity contribution is 0.0427. The molecule has 3 nitrogen and oxygen atoms in total. The van der Waals surface area contributed by atoms with Crippen LogP contribution in [-0.4, -0.2) is 43.8 Å². The van der Waals surface area contributed by atoms with Gasteiger partial charge in [-0.3, -0.25) is 4.90 Å². The van der Waals surface area contributed by atoms with Gasteiger partial charge in [0.2, 0.25) is 0 Å². The molecule has 1 rings (SSSR count). The van der Waals surface area contributed by atoms with Gasteiger partial charge in [-0.05, 0) is 57.5 Å². The third kappa shape index (κ3) is 4.73. The molecule has 1 aliphatic rings. The van der Waals surface area contributed by atoms with Gasteiger partial charge in [-0.25, -0.2) is 0 Å². The fourth-order valence-corrected chi connectivity index (χ4v) is 3.55. The van der Waals surface area contributed by atoms with Gasteiger partial charge in [-0.15, -0.1) is 0 Å². The molecule has 0 atom stereocenters. The first kappa shape index (κ1) is 16.9. The highest BCUT2D eigenvalue weighted by molar-refractivity contribution is 4.95. The minimum Gasteiger partial charge on any atom is -0.385 e. The van der Waals surface area contributed by atoms with Gasteiger partial charge in [0.1, 0.15) is 0 Å². The molecule has 0 aliphatic heterocycles. The van der Waals surface area contributed by atoms with Crippen LogP contribution in [0.25, 0.3) is 0 Å². The Labute approximate surface area is 119 Å². The topological polar surface area (TPSA) is 38.5 Å². The molecule has 114 valence electrons. The van der Waals surface area contributed by atoms with Crippen LogP contribution in [0, 0.1) is 5.92 Å². The highest BCUT2D eigenvalue weighted by Crippen LogP contribution is 2.37. The van der Waals surface area contributed by atoms with Crippen molar-refractivity contribution < 1.29 is 4.74 Å². The first-order valence-corrected chi connectivity index (χ1v) is 8.16. The molecule has 1 saturated carbocycles. The number of hydrogen-bond acceptors (Lipinski definition) is 3. The number of ether oxygens (including phenoxy) is 1. The van der Waals surface area contributed by atoms with E-state index >= 15 is 0 Å². The number of unbranched alkanes of at least 4 members (excludes halogenated alkanes) is 1. The standard InChI is InChI=1S/C16H34N2O/c1-4-15-8-10-16(14-17,11-9-15)18(5-2)12-6-7-13-19-3/h15H,4-14,17H2,1-3H3. The van der Waals surface area contributed by atoms with E-state index in [-0.39, 0.29) is 5.54 Å². The summed E-state index contributed by atoms with van der Waals surface area (Å²) in [6.07, 6.45) is 9.03. The number of nitrogens with zero attached hydrogens (tertiary/aromatic N) is 1. The number of hydrogen-bond donors (Lipinski definition) is 1. The summed E-state index contributed by atoms with van der Waals surface area (Å²) in [5.74, 6) is 0.937. The van der Waals surface area contributed by atoms with Gasteiger partial charge in [0.25, 0.3) is 0 Å². The Morgan fingerprint density at radius 2 is 1.89 bits per heavy atom. The molecule has 0 aromatic carbocycles. The molecule has 0 spiro atoms. The monoisotopic (exact) mass is 270 g/mol. The Bertz CT molecular complexity index is 225. The van der Waals surface area contributed by atoms with Crippen LogP contribution in [0.3, 0.4) is 0 Å². The van der Waals surface area contributed by atoms with Gasteiger partial charge in [0, 0.05) is 25.8 Å². The minimum absolute atomic E-state index is 0.285. The Morgan fingerprint density at radius 3 is 2.37 bits per heavy atom. The summed E-state index contributed by atoms with van der Waals surface area (Å²) < 4.78 is 5.14. The molecular formula is C16H34N2O. The fraction of sp³-hybridized carbons (Fsp3) is 1.00. The first-order valence-electron chi connectivity index (χ1n) is 8.16. The normalized spacial score (nSPS) is 27.9. The van der Waals surface area contributed by atoms with Crippen molar-refractivity contribution in [2.75, 3.05) is 33.4 Å². The van der Waals surface area contributed by atoms with Crippen molar-refractivity contribution in [2.45, 2.75) is 64.3 Å². The van der Waals surface area contributed by atoms with E-state index in [0.29, 0.717) is 0 Å². The Morgan fingerprint density at radius 1 is 1.21 bits per heavy atom. The molecule has 1 aliphatic carbocycles. The molecular weight excluding hydrogens is 236 g/mol. The quantitative estimate of drug-likeness (QED) is 0.655. The largest absolute Gasteiger partial charge is 0.385 e. The van der Waals surface area contributed by atoms with Crippen LogP contribution in [0.5, 0.6) is 0 Å². The zero-order valence-corrected chi connectivity index (χ0v) is 13.3. The van der Waals surface area contributed by atoms with Crippen molar-refractivity contribution in [2.24, 2.45) is 11.7 Å². The second-order valence-electron chi connectivity index (χ2n) is 6.06. The SMILES string of the molecule is CCC1CCC(CN)(N(CC)CCCCOC)CC1. The Balaban J connectivity index is 2.50. The lowest BCUT2D eigenvalue weighted by Gasteiger charge is -2.47. The van der Waals surface area contributed by atoms with E-state index in [1.54, 1.807) is 7.11 Å². The van der Waals surface area contributed by atoms with E-state index in [1.165, 1.54) is 45.1 Å². The maximum atomic E-state index is 6.17. The average molecular weight is 270 g/mol. The second-order valence-corrected chi connectivity index (χ2v) is 6.06. The summed E-state index contributed by atoms with van der Waals surface area (Å²) in [4.78, 5) is 2.65. The van der Waals surface area contributed by atoms with Gasteiger partial charge < -0.3 is 10.5 Å². The summed E-state index contributed by atoms with van der Waals surface area (Å²) >= 11 is 0. The number of rotatable bonds is 9. The van der Waals surface area contributed by atoms with E-state index in [1.807, 2.05) is 0 Å². The van der Waals surface area contributed by atoms with Gasteiger partial charge in [0.15, 0.2) is 0 Å². The lowest BCUT2D eigenvalue weighted by atomic mass is 9.74. The van der Waals surface area contributed by atoms with Crippen molar-refractivity contribution in [3.05, 3.63) is 0 Å². The van der Waals surface area contributed by atoms with Crippen LogP contribution in [0.1, 0.15) is 58.8 Å². The molecule has 0 amide bonds. The maximum Gasteiger partial charge on any atom is 0.0462 e. The van der Waals surface area contributed by atoms with Crippen LogP contribution in [-0.2, 0) is 4.74 Å². The van der Waals surface area contributed by atoms with E-state index in [9.17, 15) is 0 Å². The first-order chi connectivity index (χ1) is 9.22. The molecule has 2 N–H and O–H groups in total. The average Bonchev–Trinajstić information content (AvgIpc) is 2.47. The molecule has 0 saturated heterocycles. The van der Waals surface area contributed by atoms with E-state index in [4.69, 9.17) is 10.5 Å². The zero-order valence-electron chi connectivity index (χ0n) is 13.3. The van der Waals surface area contributed by atoms with Gasteiger partial charge in [-0.1, -0.05) is 20.3 Å². The summed E-state index contributed by atoms with van der Waals surface area (Å²) in [6, 6.07) is 0. The minimum atomic E-state index is 0.285. The van der Waals surface area contributed by atoms with E-state index in [2.05, 4.69) is 18.7 Å². The predicted molar refractivity (Wildman–Crippen MR) is 82.4 cm³/mol. The molecule has 1 fully saturated rings. The van der Waals surface area contributed by atoms with Gasteiger partial charge in [0.05, 0.1) is 0 Å². The zero-order chi connectivity index (χ0) is 14.1. The predicted octanol–water partition coefficient (Wildman–Crippen LogP) is 3.03. The van der Waals surface area contributed by atoms with Crippen molar-refractivity contribution in [3.8, 4) is 0 Å². The van der Waals surface area contributed by atoms with Crippen LogP contribution >= 0.6 is 0 Å². The van der Waals surface area contributed by atoms with Crippen LogP contribution in [0.2, 0.25) is 0 Å². The summed E-state index contributed by atoms with van der Waals surface area (Å²) in [6.45, 7) is 8.60. The van der Waals surface area contributed by atoms with Gasteiger partial charge in [-0.2, -0.15) is 0 Å². The highest BCUT2D eigenvalue weighted by Gasteiger charge is 2.37.